The van der Waals surface area contributed by atoms with E-state index in [1.165, 1.54) is 12.8 Å². The summed E-state index contributed by atoms with van der Waals surface area (Å²) in [5.74, 6) is 0.955. The highest BCUT2D eigenvalue weighted by Crippen LogP contribution is 2.20. The molecule has 0 radical (unpaired) electrons. The molecule has 0 bridgehead atoms. The van der Waals surface area contributed by atoms with Crippen LogP contribution in [-0.2, 0) is 0 Å². The van der Waals surface area contributed by atoms with E-state index in [1.54, 1.807) is 6.33 Å². The van der Waals surface area contributed by atoms with E-state index in [4.69, 9.17) is 0 Å². The summed E-state index contributed by atoms with van der Waals surface area (Å²) in [7, 11) is 0. The number of nitrogens with zero attached hydrogens (tertiary/aromatic N) is 1. The molecule has 0 aliphatic carbocycles. The van der Waals surface area contributed by atoms with Crippen molar-refractivity contribution in [2.75, 3.05) is 13.1 Å². The molecule has 0 spiro atoms. The summed E-state index contributed by atoms with van der Waals surface area (Å²) in [6.07, 6.45) is 5.74. The van der Waals surface area contributed by atoms with Crippen molar-refractivity contribution in [2.45, 2.75) is 25.7 Å². The molecule has 0 amide bonds. The standard InChI is InChI=1S/C15H19N3O/c19-15(4-1-11-5-7-16-8-6-11)12-2-3-13-14(9-12)18-10-17-13/h2-3,9-11,16H,1,4-8H2,(H,17,18). The average Bonchev–Trinajstić information content (AvgIpc) is 2.93. The number of aromatic amines is 1. The van der Waals surface area contributed by atoms with Gasteiger partial charge in [0.25, 0.3) is 0 Å². The number of H-pyrrole nitrogens is 1. The van der Waals surface area contributed by atoms with Crippen molar-refractivity contribution < 1.29 is 4.79 Å². The third-order valence-corrected chi connectivity index (χ3v) is 3.98. The Kier molecular flexibility index (Phi) is 3.60. The number of imidazole rings is 1. The summed E-state index contributed by atoms with van der Waals surface area (Å²) in [6, 6.07) is 5.70. The van der Waals surface area contributed by atoms with Crippen molar-refractivity contribution >= 4 is 16.8 Å². The Hall–Kier alpha value is -1.68. The van der Waals surface area contributed by atoms with E-state index in [0.29, 0.717) is 12.3 Å². The molecule has 19 heavy (non-hydrogen) atoms. The van der Waals surface area contributed by atoms with Gasteiger partial charge in [-0.1, -0.05) is 0 Å². The van der Waals surface area contributed by atoms with Crippen molar-refractivity contribution in [3.05, 3.63) is 30.1 Å². The number of nitrogens with one attached hydrogen (secondary N) is 2. The first-order chi connectivity index (χ1) is 9.33. The third kappa shape index (κ3) is 2.84. The quantitative estimate of drug-likeness (QED) is 0.827. The second-order valence-electron chi connectivity index (χ2n) is 5.29. The second-order valence-corrected chi connectivity index (χ2v) is 5.29. The zero-order chi connectivity index (χ0) is 13.1. The van der Waals surface area contributed by atoms with Gasteiger partial charge in [0.2, 0.25) is 0 Å². The van der Waals surface area contributed by atoms with Crippen LogP contribution in [0.25, 0.3) is 11.0 Å². The van der Waals surface area contributed by atoms with E-state index in [9.17, 15) is 4.79 Å². The number of fused-ring (bicyclic) bond motifs is 1. The summed E-state index contributed by atoms with van der Waals surface area (Å²) in [5, 5.41) is 3.36. The molecule has 1 fully saturated rings. The average molecular weight is 257 g/mol. The van der Waals surface area contributed by atoms with E-state index in [0.717, 1.165) is 36.1 Å². The van der Waals surface area contributed by atoms with Crippen molar-refractivity contribution in [1.82, 2.24) is 15.3 Å². The van der Waals surface area contributed by atoms with Crippen LogP contribution in [0.1, 0.15) is 36.0 Å². The van der Waals surface area contributed by atoms with Gasteiger partial charge in [0.15, 0.2) is 5.78 Å². The molecule has 1 saturated heterocycles. The lowest BCUT2D eigenvalue weighted by Gasteiger charge is -2.22. The van der Waals surface area contributed by atoms with Gasteiger partial charge in [-0.05, 0) is 56.5 Å². The molecule has 2 aromatic rings. The van der Waals surface area contributed by atoms with Gasteiger partial charge in [-0.15, -0.1) is 0 Å². The van der Waals surface area contributed by atoms with Crippen molar-refractivity contribution in [1.29, 1.82) is 0 Å². The third-order valence-electron chi connectivity index (χ3n) is 3.98. The van der Waals surface area contributed by atoms with E-state index < -0.39 is 0 Å². The van der Waals surface area contributed by atoms with E-state index in [-0.39, 0.29) is 5.78 Å². The molecule has 1 aromatic carbocycles. The Morgan fingerprint density at radius 2 is 2.16 bits per heavy atom. The Morgan fingerprint density at radius 3 is 3.00 bits per heavy atom. The monoisotopic (exact) mass is 257 g/mol. The van der Waals surface area contributed by atoms with Crippen LogP contribution >= 0.6 is 0 Å². The highest BCUT2D eigenvalue weighted by molar-refractivity contribution is 5.98. The van der Waals surface area contributed by atoms with Crippen molar-refractivity contribution in [3.63, 3.8) is 0 Å². The number of rotatable bonds is 4. The lowest BCUT2D eigenvalue weighted by molar-refractivity contribution is 0.0971. The van der Waals surface area contributed by atoms with Crippen molar-refractivity contribution in [3.8, 4) is 0 Å². The molecule has 0 saturated carbocycles. The molecule has 3 rings (SSSR count). The molecule has 1 aliphatic rings. The molecule has 1 aliphatic heterocycles. The number of hydrogen-bond acceptors (Lipinski definition) is 3. The molecule has 0 unspecified atom stereocenters. The zero-order valence-electron chi connectivity index (χ0n) is 11.0. The number of benzene rings is 1. The van der Waals surface area contributed by atoms with Crippen LogP contribution in [0.2, 0.25) is 0 Å². The maximum absolute atomic E-state index is 12.2. The smallest absolute Gasteiger partial charge is 0.162 e. The summed E-state index contributed by atoms with van der Waals surface area (Å²) in [4.78, 5) is 19.4. The molecule has 4 heteroatoms. The minimum atomic E-state index is 0.245. The highest BCUT2D eigenvalue weighted by Gasteiger charge is 2.15. The Balaban J connectivity index is 1.62. The Morgan fingerprint density at radius 1 is 1.32 bits per heavy atom. The van der Waals surface area contributed by atoms with Crippen LogP contribution in [0.5, 0.6) is 0 Å². The minimum Gasteiger partial charge on any atom is -0.345 e. The summed E-state index contributed by atoms with van der Waals surface area (Å²) < 4.78 is 0. The molecular weight excluding hydrogens is 238 g/mol. The predicted octanol–water partition coefficient (Wildman–Crippen LogP) is 2.53. The number of piperidine rings is 1. The minimum absolute atomic E-state index is 0.245. The van der Waals surface area contributed by atoms with E-state index in [1.807, 2.05) is 18.2 Å². The molecule has 2 heterocycles. The van der Waals surface area contributed by atoms with Gasteiger partial charge >= 0.3 is 0 Å². The molecule has 2 N–H and O–H groups in total. The van der Waals surface area contributed by atoms with Crippen LogP contribution in [0.15, 0.2) is 24.5 Å². The topological polar surface area (TPSA) is 57.8 Å². The van der Waals surface area contributed by atoms with Crippen LogP contribution < -0.4 is 5.32 Å². The molecule has 100 valence electrons. The summed E-state index contributed by atoms with van der Waals surface area (Å²) in [6.45, 7) is 2.19. The Labute approximate surface area is 112 Å². The lowest BCUT2D eigenvalue weighted by Crippen LogP contribution is -2.27. The maximum atomic E-state index is 12.2. The van der Waals surface area contributed by atoms with Crippen LogP contribution in [0, 0.1) is 5.92 Å². The first-order valence-corrected chi connectivity index (χ1v) is 7.00. The van der Waals surface area contributed by atoms with Gasteiger partial charge in [-0.2, -0.15) is 0 Å². The zero-order valence-corrected chi connectivity index (χ0v) is 11.0. The highest BCUT2D eigenvalue weighted by atomic mass is 16.1. The van der Waals surface area contributed by atoms with Gasteiger partial charge in [0.1, 0.15) is 0 Å². The fraction of sp³-hybridized carbons (Fsp3) is 0.467. The van der Waals surface area contributed by atoms with Crippen molar-refractivity contribution in [2.24, 2.45) is 5.92 Å². The van der Waals surface area contributed by atoms with Crippen LogP contribution in [0.3, 0.4) is 0 Å². The first-order valence-electron chi connectivity index (χ1n) is 7.00. The fourth-order valence-electron chi connectivity index (χ4n) is 2.76. The second kappa shape index (κ2) is 5.53. The van der Waals surface area contributed by atoms with Gasteiger partial charge in [0.05, 0.1) is 17.4 Å². The first kappa shape index (κ1) is 12.4. The number of Topliss-reactive ketones (excluding diaryl/α,β-unsaturated/α-hetero) is 1. The fourth-order valence-corrected chi connectivity index (χ4v) is 2.76. The van der Waals surface area contributed by atoms with Gasteiger partial charge in [0, 0.05) is 12.0 Å². The summed E-state index contributed by atoms with van der Waals surface area (Å²) >= 11 is 0. The van der Waals surface area contributed by atoms with Crippen LogP contribution in [-0.4, -0.2) is 28.8 Å². The maximum Gasteiger partial charge on any atom is 0.162 e. The number of carbonyl (C=O) groups is 1. The summed E-state index contributed by atoms with van der Waals surface area (Å²) in [5.41, 5.74) is 2.65. The van der Waals surface area contributed by atoms with Gasteiger partial charge < -0.3 is 10.3 Å². The number of hydrogen-bond donors (Lipinski definition) is 2. The number of carbonyl (C=O) groups excluding carboxylic acids is 1. The predicted molar refractivity (Wildman–Crippen MR) is 75.3 cm³/mol. The number of ketones is 1. The molecule has 4 nitrogen and oxygen atoms in total. The number of aromatic nitrogens is 2. The molecular formula is C15H19N3O. The van der Waals surface area contributed by atoms with E-state index in [2.05, 4.69) is 15.3 Å². The normalized spacial score (nSPS) is 16.8. The largest absolute Gasteiger partial charge is 0.345 e. The van der Waals surface area contributed by atoms with E-state index >= 15 is 0 Å². The molecule has 1 aromatic heterocycles. The molecule has 0 atom stereocenters. The van der Waals surface area contributed by atoms with Crippen LogP contribution in [0.4, 0.5) is 0 Å². The Bertz CT molecular complexity index is 570. The van der Waals surface area contributed by atoms with Gasteiger partial charge in [-0.3, -0.25) is 4.79 Å². The SMILES string of the molecule is O=C(CCC1CCNCC1)c1ccc2nc[nH]c2c1. The van der Waals surface area contributed by atoms with Gasteiger partial charge in [-0.25, -0.2) is 4.98 Å². The lowest BCUT2D eigenvalue weighted by atomic mass is 9.91.